The molecular formula is C22H28N2O5S. The molecule has 0 bridgehead atoms. The predicted octanol–water partition coefficient (Wildman–Crippen LogP) is 3.09. The maximum absolute atomic E-state index is 13.2. The number of rotatable bonds is 7. The standard InChI is InChI=1S/C22H28N2O5S/c1-4-16-7-6-8-17(5-2)21(16)23-22(25)19-15-18(9-10-20(19)28-3)30(26,27)24-11-13-29-14-12-24/h6-10,15H,4-5,11-14H2,1-3H3,(H,23,25). The zero-order valence-corrected chi connectivity index (χ0v) is 18.4. The highest BCUT2D eigenvalue weighted by Gasteiger charge is 2.28. The average Bonchev–Trinajstić information content (AvgIpc) is 2.79. The van der Waals surface area contributed by atoms with E-state index in [1.165, 1.54) is 29.6 Å². The van der Waals surface area contributed by atoms with Crippen molar-refractivity contribution in [1.29, 1.82) is 0 Å². The first kappa shape index (κ1) is 22.3. The van der Waals surface area contributed by atoms with Crippen LogP contribution in [0.2, 0.25) is 0 Å². The summed E-state index contributed by atoms with van der Waals surface area (Å²) in [7, 11) is -2.27. The third kappa shape index (κ3) is 4.50. The number of aryl methyl sites for hydroxylation is 2. The lowest BCUT2D eigenvalue weighted by Crippen LogP contribution is -2.40. The smallest absolute Gasteiger partial charge is 0.259 e. The molecule has 2 aromatic carbocycles. The number of carbonyl (C=O) groups excluding carboxylic acids is 1. The molecule has 7 nitrogen and oxygen atoms in total. The van der Waals surface area contributed by atoms with E-state index < -0.39 is 15.9 Å². The summed E-state index contributed by atoms with van der Waals surface area (Å²) < 4.78 is 38.0. The van der Waals surface area contributed by atoms with E-state index in [0.29, 0.717) is 32.1 Å². The van der Waals surface area contributed by atoms with Crippen molar-refractivity contribution in [3.05, 3.63) is 53.1 Å². The highest BCUT2D eigenvalue weighted by Crippen LogP contribution is 2.28. The molecule has 0 spiro atoms. The number of hydrogen-bond donors (Lipinski definition) is 1. The molecule has 0 aliphatic carbocycles. The molecule has 2 aromatic rings. The Morgan fingerprint density at radius 1 is 1.10 bits per heavy atom. The quantitative estimate of drug-likeness (QED) is 0.727. The molecule has 1 amide bonds. The van der Waals surface area contributed by atoms with Gasteiger partial charge in [0.1, 0.15) is 5.75 Å². The molecule has 1 fully saturated rings. The second kappa shape index (κ2) is 9.59. The Labute approximate surface area is 178 Å². The topological polar surface area (TPSA) is 84.9 Å². The van der Waals surface area contributed by atoms with E-state index in [-0.39, 0.29) is 10.5 Å². The van der Waals surface area contributed by atoms with E-state index in [1.54, 1.807) is 0 Å². The van der Waals surface area contributed by atoms with Crippen molar-refractivity contribution in [1.82, 2.24) is 4.31 Å². The van der Waals surface area contributed by atoms with Gasteiger partial charge in [0.25, 0.3) is 5.91 Å². The van der Waals surface area contributed by atoms with E-state index in [2.05, 4.69) is 5.32 Å². The number of nitrogens with one attached hydrogen (secondary N) is 1. The third-order valence-electron chi connectivity index (χ3n) is 5.26. The highest BCUT2D eigenvalue weighted by atomic mass is 32.2. The van der Waals surface area contributed by atoms with Crippen LogP contribution in [0.4, 0.5) is 5.69 Å². The van der Waals surface area contributed by atoms with Crippen LogP contribution < -0.4 is 10.1 Å². The molecule has 30 heavy (non-hydrogen) atoms. The maximum atomic E-state index is 13.2. The Morgan fingerprint density at radius 2 is 1.73 bits per heavy atom. The first-order valence-corrected chi connectivity index (χ1v) is 11.5. The molecule has 8 heteroatoms. The molecule has 1 saturated heterocycles. The number of carbonyl (C=O) groups is 1. The van der Waals surface area contributed by atoms with Gasteiger partial charge in [-0.05, 0) is 42.2 Å². The minimum atomic E-state index is -3.72. The van der Waals surface area contributed by atoms with Crippen LogP contribution in [-0.2, 0) is 27.6 Å². The summed E-state index contributed by atoms with van der Waals surface area (Å²) in [5.74, 6) is -0.0815. The van der Waals surface area contributed by atoms with Gasteiger partial charge in [-0.15, -0.1) is 0 Å². The Balaban J connectivity index is 1.97. The van der Waals surface area contributed by atoms with Crippen molar-refractivity contribution < 1.29 is 22.7 Å². The average molecular weight is 433 g/mol. The number of sulfonamides is 1. The molecule has 0 atom stereocenters. The summed E-state index contributed by atoms with van der Waals surface area (Å²) in [5.41, 5.74) is 3.01. The number of hydrogen-bond acceptors (Lipinski definition) is 5. The summed E-state index contributed by atoms with van der Waals surface area (Å²) >= 11 is 0. The number of nitrogens with zero attached hydrogens (tertiary/aromatic N) is 1. The van der Waals surface area contributed by atoms with Gasteiger partial charge in [-0.25, -0.2) is 8.42 Å². The molecule has 1 N–H and O–H groups in total. The monoisotopic (exact) mass is 432 g/mol. The van der Waals surface area contributed by atoms with Crippen molar-refractivity contribution >= 4 is 21.6 Å². The lowest BCUT2D eigenvalue weighted by Gasteiger charge is -2.26. The van der Waals surface area contributed by atoms with Crippen molar-refractivity contribution in [3.8, 4) is 5.75 Å². The van der Waals surface area contributed by atoms with E-state index in [0.717, 1.165) is 29.7 Å². The summed E-state index contributed by atoms with van der Waals surface area (Å²) in [5, 5.41) is 2.98. The van der Waals surface area contributed by atoms with Crippen molar-refractivity contribution in [3.63, 3.8) is 0 Å². The molecular weight excluding hydrogens is 404 g/mol. The summed E-state index contributed by atoms with van der Waals surface area (Å²) in [6, 6.07) is 10.3. The zero-order valence-electron chi connectivity index (χ0n) is 17.6. The molecule has 0 unspecified atom stereocenters. The molecule has 0 aromatic heterocycles. The highest BCUT2D eigenvalue weighted by molar-refractivity contribution is 7.89. The van der Waals surface area contributed by atoms with Crippen molar-refractivity contribution in [2.45, 2.75) is 31.6 Å². The minimum Gasteiger partial charge on any atom is -0.496 e. The molecule has 0 radical (unpaired) electrons. The van der Waals surface area contributed by atoms with Crippen LogP contribution in [0.1, 0.15) is 35.3 Å². The Kier molecular flexibility index (Phi) is 7.12. The van der Waals surface area contributed by atoms with Gasteiger partial charge in [-0.2, -0.15) is 4.31 Å². The van der Waals surface area contributed by atoms with Crippen LogP contribution in [0.25, 0.3) is 0 Å². The first-order valence-electron chi connectivity index (χ1n) is 10.1. The van der Waals surface area contributed by atoms with Gasteiger partial charge in [0.2, 0.25) is 10.0 Å². The minimum absolute atomic E-state index is 0.0647. The lowest BCUT2D eigenvalue weighted by atomic mass is 10.0. The van der Waals surface area contributed by atoms with Crippen molar-refractivity contribution in [2.75, 3.05) is 38.7 Å². The van der Waals surface area contributed by atoms with Gasteiger partial charge >= 0.3 is 0 Å². The number of para-hydroxylation sites is 1. The van der Waals surface area contributed by atoms with Crippen LogP contribution in [0, 0.1) is 0 Å². The second-order valence-electron chi connectivity index (χ2n) is 6.99. The largest absolute Gasteiger partial charge is 0.496 e. The fourth-order valence-corrected chi connectivity index (χ4v) is 4.98. The molecule has 3 rings (SSSR count). The van der Waals surface area contributed by atoms with Gasteiger partial charge < -0.3 is 14.8 Å². The molecule has 0 saturated carbocycles. The van der Waals surface area contributed by atoms with Crippen molar-refractivity contribution in [2.24, 2.45) is 0 Å². The molecule has 1 heterocycles. The van der Waals surface area contributed by atoms with Crippen LogP contribution in [0.3, 0.4) is 0 Å². The van der Waals surface area contributed by atoms with E-state index in [4.69, 9.17) is 9.47 Å². The molecule has 1 aliphatic rings. The van der Waals surface area contributed by atoms with Crippen LogP contribution in [-0.4, -0.2) is 52.0 Å². The van der Waals surface area contributed by atoms with Crippen LogP contribution in [0.15, 0.2) is 41.3 Å². The van der Waals surface area contributed by atoms with Gasteiger partial charge in [-0.3, -0.25) is 4.79 Å². The number of morpholine rings is 1. The number of anilines is 1. The van der Waals surface area contributed by atoms with Gasteiger partial charge in [0, 0.05) is 18.8 Å². The van der Waals surface area contributed by atoms with E-state index >= 15 is 0 Å². The Hall–Kier alpha value is -2.42. The number of benzene rings is 2. The van der Waals surface area contributed by atoms with Gasteiger partial charge in [0.15, 0.2) is 0 Å². The van der Waals surface area contributed by atoms with E-state index in [9.17, 15) is 13.2 Å². The second-order valence-corrected chi connectivity index (χ2v) is 8.93. The lowest BCUT2D eigenvalue weighted by molar-refractivity contribution is 0.0730. The summed E-state index contributed by atoms with van der Waals surface area (Å²) in [6.07, 6.45) is 1.54. The third-order valence-corrected chi connectivity index (χ3v) is 7.16. The van der Waals surface area contributed by atoms with E-state index in [1.807, 2.05) is 32.0 Å². The Morgan fingerprint density at radius 3 is 2.30 bits per heavy atom. The predicted molar refractivity (Wildman–Crippen MR) is 116 cm³/mol. The first-order chi connectivity index (χ1) is 14.4. The maximum Gasteiger partial charge on any atom is 0.259 e. The number of methoxy groups -OCH3 is 1. The van der Waals surface area contributed by atoms with Crippen LogP contribution >= 0.6 is 0 Å². The fraction of sp³-hybridized carbons (Fsp3) is 0.409. The van der Waals surface area contributed by atoms with Gasteiger partial charge in [0.05, 0.1) is 30.8 Å². The molecule has 162 valence electrons. The number of ether oxygens (including phenoxy) is 2. The molecule has 1 aliphatic heterocycles. The summed E-state index contributed by atoms with van der Waals surface area (Å²) in [4.78, 5) is 13.2. The fourth-order valence-electron chi connectivity index (χ4n) is 3.55. The number of amides is 1. The van der Waals surface area contributed by atoms with Crippen LogP contribution in [0.5, 0.6) is 5.75 Å². The summed E-state index contributed by atoms with van der Waals surface area (Å²) in [6.45, 7) is 5.35. The van der Waals surface area contributed by atoms with Gasteiger partial charge in [-0.1, -0.05) is 32.0 Å². The zero-order chi connectivity index (χ0) is 21.7. The Bertz CT molecular complexity index is 992. The SMILES string of the molecule is CCc1cccc(CC)c1NC(=O)c1cc(S(=O)(=O)N2CCOCC2)ccc1OC. The normalized spacial score (nSPS) is 15.0.